The predicted molar refractivity (Wildman–Crippen MR) is 73.9 cm³/mol. The molecule has 0 amide bonds. The molecule has 4 heteroatoms. The van der Waals surface area contributed by atoms with Crippen molar-refractivity contribution in [2.24, 2.45) is 5.92 Å². The number of anilines is 2. The van der Waals surface area contributed by atoms with Gasteiger partial charge in [0.05, 0.1) is 7.11 Å². The van der Waals surface area contributed by atoms with E-state index in [1.54, 1.807) is 13.2 Å². The molecule has 1 fully saturated rings. The van der Waals surface area contributed by atoms with Crippen LogP contribution in [0.25, 0.3) is 0 Å². The summed E-state index contributed by atoms with van der Waals surface area (Å²) < 4.78 is 5.21. The molecule has 0 aliphatic heterocycles. The van der Waals surface area contributed by atoms with Crippen molar-refractivity contribution < 1.29 is 9.84 Å². The van der Waals surface area contributed by atoms with E-state index in [-0.39, 0.29) is 6.61 Å². The largest absolute Gasteiger partial charge is 0.497 e. The highest BCUT2D eigenvalue weighted by atomic mass is 16.5. The lowest BCUT2D eigenvalue weighted by atomic mass is 9.85. The average molecular weight is 250 g/mol. The number of hydrogen-bond acceptors (Lipinski definition) is 4. The first-order chi connectivity index (χ1) is 8.72. The number of benzene rings is 1. The van der Waals surface area contributed by atoms with Crippen LogP contribution in [0.4, 0.5) is 11.4 Å². The second-order valence-electron chi connectivity index (χ2n) is 4.97. The molecule has 4 nitrogen and oxygen atoms in total. The molecule has 2 atom stereocenters. The number of methoxy groups -OCH3 is 1. The van der Waals surface area contributed by atoms with Crippen LogP contribution in [-0.4, -0.2) is 24.9 Å². The van der Waals surface area contributed by atoms with Crippen LogP contribution in [0.2, 0.25) is 0 Å². The number of ether oxygens (including phenoxy) is 1. The zero-order valence-corrected chi connectivity index (χ0v) is 10.9. The van der Waals surface area contributed by atoms with Gasteiger partial charge in [0, 0.05) is 42.1 Å². The number of rotatable bonds is 4. The summed E-state index contributed by atoms with van der Waals surface area (Å²) in [5.74, 6) is 1.10. The number of nitrogens with one attached hydrogen (secondary N) is 1. The van der Waals surface area contributed by atoms with Crippen molar-refractivity contribution in [3.63, 3.8) is 0 Å². The van der Waals surface area contributed by atoms with Gasteiger partial charge in [-0.15, -0.1) is 0 Å². The topological polar surface area (TPSA) is 67.5 Å². The Kier molecular flexibility index (Phi) is 4.31. The Balaban J connectivity index is 2.09. The molecule has 1 saturated carbocycles. The van der Waals surface area contributed by atoms with Crippen molar-refractivity contribution in [1.82, 2.24) is 0 Å². The first kappa shape index (κ1) is 13.0. The van der Waals surface area contributed by atoms with E-state index in [0.717, 1.165) is 24.3 Å². The molecular formula is C14H22N2O2. The third-order valence-electron chi connectivity index (χ3n) is 3.66. The maximum Gasteiger partial charge on any atom is 0.122 e. The van der Waals surface area contributed by atoms with Crippen LogP contribution >= 0.6 is 0 Å². The Morgan fingerprint density at radius 3 is 2.83 bits per heavy atom. The van der Waals surface area contributed by atoms with E-state index < -0.39 is 0 Å². The van der Waals surface area contributed by atoms with E-state index in [1.165, 1.54) is 12.8 Å². The molecule has 0 bridgehead atoms. The predicted octanol–water partition coefficient (Wildman–Crippen LogP) is 2.24. The van der Waals surface area contributed by atoms with E-state index in [4.69, 9.17) is 10.5 Å². The molecule has 100 valence electrons. The lowest BCUT2D eigenvalue weighted by Crippen LogP contribution is -2.34. The highest BCUT2D eigenvalue weighted by Gasteiger charge is 2.24. The molecule has 1 aliphatic rings. The first-order valence-corrected chi connectivity index (χ1v) is 6.55. The number of hydrogen-bond donors (Lipinski definition) is 3. The van der Waals surface area contributed by atoms with E-state index in [0.29, 0.717) is 17.6 Å². The Labute approximate surface area is 108 Å². The maximum absolute atomic E-state index is 9.41. The Bertz CT molecular complexity index is 395. The van der Waals surface area contributed by atoms with Crippen molar-refractivity contribution in [2.45, 2.75) is 31.7 Å². The number of aliphatic hydroxyl groups excluding tert-OH is 1. The SMILES string of the molecule is COc1cc(N)cc(NC2CCCCC2CO)c1. The molecule has 1 aliphatic carbocycles. The fourth-order valence-corrected chi connectivity index (χ4v) is 2.65. The van der Waals surface area contributed by atoms with Crippen LogP contribution in [0.15, 0.2) is 18.2 Å². The summed E-state index contributed by atoms with van der Waals surface area (Å²) in [5, 5.41) is 12.9. The molecule has 0 radical (unpaired) electrons. The molecular weight excluding hydrogens is 228 g/mol. The van der Waals surface area contributed by atoms with Crippen LogP contribution in [0.5, 0.6) is 5.75 Å². The zero-order chi connectivity index (χ0) is 13.0. The van der Waals surface area contributed by atoms with Crippen molar-refractivity contribution in [3.05, 3.63) is 18.2 Å². The van der Waals surface area contributed by atoms with Gasteiger partial charge in [-0.05, 0) is 18.9 Å². The molecule has 4 N–H and O–H groups in total. The van der Waals surface area contributed by atoms with Gasteiger partial charge in [0.2, 0.25) is 0 Å². The van der Waals surface area contributed by atoms with Gasteiger partial charge in [-0.25, -0.2) is 0 Å². The van der Waals surface area contributed by atoms with E-state index in [2.05, 4.69) is 5.32 Å². The van der Waals surface area contributed by atoms with Gasteiger partial charge in [0.15, 0.2) is 0 Å². The van der Waals surface area contributed by atoms with Gasteiger partial charge in [-0.2, -0.15) is 0 Å². The van der Waals surface area contributed by atoms with Gasteiger partial charge in [0.25, 0.3) is 0 Å². The summed E-state index contributed by atoms with van der Waals surface area (Å²) in [6.07, 6.45) is 4.62. The highest BCUT2D eigenvalue weighted by molar-refractivity contribution is 5.59. The zero-order valence-electron chi connectivity index (χ0n) is 10.9. The quantitative estimate of drug-likeness (QED) is 0.717. The lowest BCUT2D eigenvalue weighted by molar-refractivity contribution is 0.178. The monoisotopic (exact) mass is 250 g/mol. The molecule has 2 unspecified atom stereocenters. The average Bonchev–Trinajstić information content (AvgIpc) is 2.38. The molecule has 0 saturated heterocycles. The van der Waals surface area contributed by atoms with Crippen molar-refractivity contribution in [1.29, 1.82) is 0 Å². The second kappa shape index (κ2) is 5.96. The van der Waals surface area contributed by atoms with Crippen LogP contribution in [0.1, 0.15) is 25.7 Å². The standard InChI is InChI=1S/C14H22N2O2/c1-18-13-7-11(15)6-12(8-13)16-14-5-3-2-4-10(14)9-17/h6-8,10,14,16-17H,2-5,9,15H2,1H3. The van der Waals surface area contributed by atoms with Crippen LogP contribution in [0.3, 0.4) is 0 Å². The van der Waals surface area contributed by atoms with Gasteiger partial charge in [-0.3, -0.25) is 0 Å². The second-order valence-corrected chi connectivity index (χ2v) is 4.97. The Hall–Kier alpha value is -1.42. The normalized spacial score (nSPS) is 23.7. The minimum absolute atomic E-state index is 0.247. The summed E-state index contributed by atoms with van der Waals surface area (Å²) in [6, 6.07) is 5.98. The molecule has 1 aromatic carbocycles. The number of nitrogens with two attached hydrogens (primary N) is 1. The Morgan fingerprint density at radius 1 is 1.33 bits per heavy atom. The first-order valence-electron chi connectivity index (χ1n) is 6.55. The molecule has 0 spiro atoms. The lowest BCUT2D eigenvalue weighted by Gasteiger charge is -2.31. The van der Waals surface area contributed by atoms with Gasteiger partial charge < -0.3 is 20.9 Å². The van der Waals surface area contributed by atoms with E-state index in [9.17, 15) is 5.11 Å². The smallest absolute Gasteiger partial charge is 0.122 e. The molecule has 1 aromatic rings. The summed E-state index contributed by atoms with van der Waals surface area (Å²) in [5.41, 5.74) is 7.50. The van der Waals surface area contributed by atoms with Gasteiger partial charge >= 0.3 is 0 Å². The molecule has 0 heterocycles. The number of aliphatic hydroxyl groups is 1. The summed E-state index contributed by atoms with van der Waals surface area (Å²) >= 11 is 0. The fraction of sp³-hybridized carbons (Fsp3) is 0.571. The van der Waals surface area contributed by atoms with Crippen LogP contribution in [-0.2, 0) is 0 Å². The fourth-order valence-electron chi connectivity index (χ4n) is 2.65. The summed E-state index contributed by atoms with van der Waals surface area (Å²) in [6.45, 7) is 0.247. The highest BCUT2D eigenvalue weighted by Crippen LogP contribution is 2.29. The van der Waals surface area contributed by atoms with Gasteiger partial charge in [0.1, 0.15) is 5.75 Å². The Morgan fingerprint density at radius 2 is 2.11 bits per heavy atom. The maximum atomic E-state index is 9.41. The summed E-state index contributed by atoms with van der Waals surface area (Å²) in [4.78, 5) is 0. The third kappa shape index (κ3) is 3.07. The minimum atomic E-state index is 0.247. The van der Waals surface area contributed by atoms with Crippen molar-refractivity contribution in [3.8, 4) is 5.75 Å². The van der Waals surface area contributed by atoms with Crippen molar-refractivity contribution in [2.75, 3.05) is 24.8 Å². The third-order valence-corrected chi connectivity index (χ3v) is 3.66. The minimum Gasteiger partial charge on any atom is -0.497 e. The van der Waals surface area contributed by atoms with Gasteiger partial charge in [-0.1, -0.05) is 12.8 Å². The van der Waals surface area contributed by atoms with E-state index >= 15 is 0 Å². The van der Waals surface area contributed by atoms with Crippen molar-refractivity contribution >= 4 is 11.4 Å². The van der Waals surface area contributed by atoms with E-state index in [1.807, 2.05) is 12.1 Å². The molecule has 18 heavy (non-hydrogen) atoms. The number of nitrogen functional groups attached to an aromatic ring is 1. The van der Waals surface area contributed by atoms with Crippen LogP contribution in [0, 0.1) is 5.92 Å². The van der Waals surface area contributed by atoms with Crippen LogP contribution < -0.4 is 15.8 Å². The molecule has 2 rings (SSSR count). The summed E-state index contributed by atoms with van der Waals surface area (Å²) in [7, 11) is 1.63. The molecule has 0 aromatic heterocycles.